The first-order valence-electron chi connectivity index (χ1n) is 7.86. The Bertz CT molecular complexity index is 237. The van der Waals surface area contributed by atoms with Crippen LogP contribution in [0.2, 0.25) is 0 Å². The fourth-order valence-corrected chi connectivity index (χ4v) is 3.38. The Hall–Kier alpha value is -0.530. The number of carbonyl (C=O) groups is 1. The van der Waals surface area contributed by atoms with Crippen LogP contribution >= 0.6 is 0 Å². The van der Waals surface area contributed by atoms with Gasteiger partial charge in [-0.1, -0.05) is 46.0 Å². The number of hydrogen-bond acceptors (Lipinski definition) is 2. The number of esters is 1. The van der Waals surface area contributed by atoms with E-state index in [1.807, 2.05) is 6.92 Å². The molecule has 0 aromatic carbocycles. The molecule has 3 atom stereocenters. The SMILES string of the molecule is CCCCC1CCC(C(CC)CC(=O)OCC)C1. The molecular formula is C16H30O2. The molecule has 0 aromatic heterocycles. The van der Waals surface area contributed by atoms with Crippen LogP contribution in [0.15, 0.2) is 0 Å². The van der Waals surface area contributed by atoms with Crippen LogP contribution in [0.5, 0.6) is 0 Å². The first-order chi connectivity index (χ1) is 8.71. The maximum Gasteiger partial charge on any atom is 0.306 e. The summed E-state index contributed by atoms with van der Waals surface area (Å²) in [5.74, 6) is 2.24. The molecule has 0 spiro atoms. The molecule has 1 rings (SSSR count). The molecule has 0 radical (unpaired) electrons. The van der Waals surface area contributed by atoms with Crippen LogP contribution in [0.1, 0.15) is 72.1 Å². The average molecular weight is 254 g/mol. The Labute approximate surface area is 112 Å². The van der Waals surface area contributed by atoms with Crippen molar-refractivity contribution in [3.63, 3.8) is 0 Å². The van der Waals surface area contributed by atoms with E-state index in [-0.39, 0.29) is 5.97 Å². The monoisotopic (exact) mass is 254 g/mol. The molecule has 0 aromatic rings. The topological polar surface area (TPSA) is 26.3 Å². The van der Waals surface area contributed by atoms with Crippen molar-refractivity contribution in [3.05, 3.63) is 0 Å². The van der Waals surface area contributed by atoms with Crippen LogP contribution in [-0.2, 0) is 9.53 Å². The third-order valence-electron chi connectivity index (χ3n) is 4.47. The summed E-state index contributed by atoms with van der Waals surface area (Å²) in [4.78, 5) is 11.6. The second-order valence-corrected chi connectivity index (χ2v) is 5.76. The Morgan fingerprint density at radius 3 is 2.67 bits per heavy atom. The van der Waals surface area contributed by atoms with Gasteiger partial charge in [-0.05, 0) is 37.5 Å². The molecule has 0 N–H and O–H groups in total. The van der Waals surface area contributed by atoms with E-state index in [1.165, 1.54) is 38.5 Å². The highest BCUT2D eigenvalue weighted by atomic mass is 16.5. The number of rotatable bonds is 8. The molecule has 18 heavy (non-hydrogen) atoms. The van der Waals surface area contributed by atoms with Crippen molar-refractivity contribution in [2.24, 2.45) is 17.8 Å². The molecule has 0 heterocycles. The number of carbonyl (C=O) groups excluding carboxylic acids is 1. The van der Waals surface area contributed by atoms with Gasteiger partial charge in [0.05, 0.1) is 6.61 Å². The van der Waals surface area contributed by atoms with E-state index in [9.17, 15) is 4.79 Å². The van der Waals surface area contributed by atoms with Crippen molar-refractivity contribution in [2.75, 3.05) is 6.61 Å². The number of hydrogen-bond donors (Lipinski definition) is 0. The van der Waals surface area contributed by atoms with Crippen LogP contribution in [-0.4, -0.2) is 12.6 Å². The number of unbranched alkanes of at least 4 members (excludes halogenated alkanes) is 1. The van der Waals surface area contributed by atoms with Crippen molar-refractivity contribution >= 4 is 5.97 Å². The fraction of sp³-hybridized carbons (Fsp3) is 0.938. The third kappa shape index (κ3) is 4.99. The largest absolute Gasteiger partial charge is 0.466 e. The zero-order chi connectivity index (χ0) is 13.4. The Balaban J connectivity index is 2.35. The standard InChI is InChI=1S/C16H30O2/c1-4-7-8-13-9-10-15(11-13)14(5-2)12-16(17)18-6-3/h13-15H,4-12H2,1-3H3. The molecule has 1 saturated carbocycles. The summed E-state index contributed by atoms with van der Waals surface area (Å²) in [5, 5.41) is 0. The second-order valence-electron chi connectivity index (χ2n) is 5.76. The Morgan fingerprint density at radius 2 is 2.06 bits per heavy atom. The molecule has 0 aliphatic heterocycles. The van der Waals surface area contributed by atoms with Gasteiger partial charge in [-0.15, -0.1) is 0 Å². The highest BCUT2D eigenvalue weighted by Crippen LogP contribution is 2.40. The first-order valence-corrected chi connectivity index (χ1v) is 7.86. The highest BCUT2D eigenvalue weighted by molar-refractivity contribution is 5.69. The van der Waals surface area contributed by atoms with Gasteiger partial charge in [0.2, 0.25) is 0 Å². The van der Waals surface area contributed by atoms with Crippen molar-refractivity contribution < 1.29 is 9.53 Å². The quantitative estimate of drug-likeness (QED) is 0.593. The first kappa shape index (κ1) is 15.5. The van der Waals surface area contributed by atoms with Gasteiger partial charge in [0, 0.05) is 6.42 Å². The molecule has 3 unspecified atom stereocenters. The van der Waals surface area contributed by atoms with Gasteiger partial charge in [-0.3, -0.25) is 4.79 Å². The summed E-state index contributed by atoms with van der Waals surface area (Å²) < 4.78 is 5.09. The molecule has 0 amide bonds. The van der Waals surface area contributed by atoms with E-state index in [4.69, 9.17) is 4.74 Å². The van der Waals surface area contributed by atoms with Crippen LogP contribution in [0.4, 0.5) is 0 Å². The van der Waals surface area contributed by atoms with Crippen molar-refractivity contribution in [3.8, 4) is 0 Å². The predicted octanol–water partition coefficient (Wildman–Crippen LogP) is 4.57. The Kier molecular flexibility index (Phi) is 7.38. The smallest absolute Gasteiger partial charge is 0.306 e. The van der Waals surface area contributed by atoms with E-state index in [0.29, 0.717) is 18.9 Å². The van der Waals surface area contributed by atoms with Crippen LogP contribution in [0, 0.1) is 17.8 Å². The summed E-state index contributed by atoms with van der Waals surface area (Å²) in [6.07, 6.45) is 9.86. The fourth-order valence-electron chi connectivity index (χ4n) is 3.38. The van der Waals surface area contributed by atoms with Crippen LogP contribution < -0.4 is 0 Å². The van der Waals surface area contributed by atoms with E-state index in [0.717, 1.165) is 18.3 Å². The average Bonchev–Trinajstić information content (AvgIpc) is 2.82. The third-order valence-corrected chi connectivity index (χ3v) is 4.47. The molecule has 1 fully saturated rings. The van der Waals surface area contributed by atoms with Gasteiger partial charge in [-0.2, -0.15) is 0 Å². The molecule has 106 valence electrons. The van der Waals surface area contributed by atoms with Crippen molar-refractivity contribution in [2.45, 2.75) is 72.1 Å². The minimum absolute atomic E-state index is 0.00126. The summed E-state index contributed by atoms with van der Waals surface area (Å²) in [5.41, 5.74) is 0. The highest BCUT2D eigenvalue weighted by Gasteiger charge is 2.30. The van der Waals surface area contributed by atoms with Crippen LogP contribution in [0.25, 0.3) is 0 Å². The zero-order valence-corrected chi connectivity index (χ0v) is 12.4. The van der Waals surface area contributed by atoms with E-state index < -0.39 is 0 Å². The molecule has 0 saturated heterocycles. The maximum absolute atomic E-state index is 11.6. The summed E-state index contributed by atoms with van der Waals surface area (Å²) in [7, 11) is 0. The van der Waals surface area contributed by atoms with Crippen molar-refractivity contribution in [1.82, 2.24) is 0 Å². The molecule has 1 aliphatic carbocycles. The lowest BCUT2D eigenvalue weighted by molar-refractivity contribution is -0.144. The second kappa shape index (κ2) is 8.55. The minimum atomic E-state index is 0.00126. The van der Waals surface area contributed by atoms with E-state index in [2.05, 4.69) is 13.8 Å². The zero-order valence-electron chi connectivity index (χ0n) is 12.4. The minimum Gasteiger partial charge on any atom is -0.466 e. The van der Waals surface area contributed by atoms with E-state index >= 15 is 0 Å². The molecule has 0 bridgehead atoms. The molecule has 2 nitrogen and oxygen atoms in total. The van der Waals surface area contributed by atoms with Gasteiger partial charge in [-0.25, -0.2) is 0 Å². The molecular weight excluding hydrogens is 224 g/mol. The lowest BCUT2D eigenvalue weighted by Crippen LogP contribution is -2.17. The van der Waals surface area contributed by atoms with Gasteiger partial charge < -0.3 is 4.74 Å². The lowest BCUT2D eigenvalue weighted by atomic mass is 9.85. The van der Waals surface area contributed by atoms with Gasteiger partial charge in [0.15, 0.2) is 0 Å². The Morgan fingerprint density at radius 1 is 1.28 bits per heavy atom. The maximum atomic E-state index is 11.6. The van der Waals surface area contributed by atoms with E-state index in [1.54, 1.807) is 0 Å². The summed E-state index contributed by atoms with van der Waals surface area (Å²) in [6.45, 7) is 6.87. The predicted molar refractivity (Wildman–Crippen MR) is 75.4 cm³/mol. The summed E-state index contributed by atoms with van der Waals surface area (Å²) >= 11 is 0. The van der Waals surface area contributed by atoms with Gasteiger partial charge in [0.25, 0.3) is 0 Å². The molecule has 1 aliphatic rings. The lowest BCUT2D eigenvalue weighted by Gasteiger charge is -2.21. The van der Waals surface area contributed by atoms with Gasteiger partial charge in [0.1, 0.15) is 0 Å². The van der Waals surface area contributed by atoms with Gasteiger partial charge >= 0.3 is 5.97 Å². The van der Waals surface area contributed by atoms with Crippen LogP contribution in [0.3, 0.4) is 0 Å². The normalized spacial score (nSPS) is 25.1. The molecule has 2 heteroatoms. The van der Waals surface area contributed by atoms with Crippen molar-refractivity contribution in [1.29, 1.82) is 0 Å². The summed E-state index contributed by atoms with van der Waals surface area (Å²) in [6, 6.07) is 0. The number of ether oxygens (including phenoxy) is 1.